The van der Waals surface area contributed by atoms with E-state index in [1.54, 1.807) is 40.9 Å². The molecule has 1 aromatic heterocycles. The fraction of sp³-hybridized carbons (Fsp3) is 0.300. The van der Waals surface area contributed by atoms with E-state index in [4.69, 9.17) is 0 Å². The summed E-state index contributed by atoms with van der Waals surface area (Å²) < 4.78 is 30.4. The van der Waals surface area contributed by atoms with Gasteiger partial charge in [-0.15, -0.1) is 0 Å². The van der Waals surface area contributed by atoms with Gasteiger partial charge in [0.25, 0.3) is 0 Å². The first-order valence-corrected chi connectivity index (χ1v) is 10.7. The fourth-order valence-corrected chi connectivity index (χ4v) is 5.20. The third kappa shape index (κ3) is 3.29. The highest BCUT2D eigenvalue weighted by atomic mass is 32.2. The Balaban J connectivity index is 1.64. The van der Waals surface area contributed by atoms with Crippen LogP contribution in [0.3, 0.4) is 0 Å². The van der Waals surface area contributed by atoms with Crippen LogP contribution in [0.1, 0.15) is 18.5 Å². The first-order valence-electron chi connectivity index (χ1n) is 9.19. The lowest BCUT2D eigenvalue weighted by atomic mass is 10.1. The van der Waals surface area contributed by atoms with Gasteiger partial charge in [0.1, 0.15) is 11.9 Å². The molecular formula is C20H22N4O3S. The standard InChI is InChI=1S/C20H22N4O3S/c1-14-13-19(23(2)21-14)24-12-6-10-17(20(24)25)22-28(26,27)18-11-5-8-15-7-3-4-9-16(15)18/h3-5,7-9,11,13,17,22H,6,10,12H2,1-2H3/t17-/m1/s1. The number of carbonyl (C=O) groups excluding carboxylic acids is 1. The molecule has 0 saturated carbocycles. The monoisotopic (exact) mass is 398 g/mol. The van der Waals surface area contributed by atoms with Gasteiger partial charge in [-0.2, -0.15) is 9.82 Å². The number of aryl methyl sites for hydroxylation is 2. The quantitative estimate of drug-likeness (QED) is 0.731. The molecule has 2 aromatic carbocycles. The number of anilines is 1. The molecule has 8 heteroatoms. The summed E-state index contributed by atoms with van der Waals surface area (Å²) in [6.45, 7) is 2.41. The highest BCUT2D eigenvalue weighted by molar-refractivity contribution is 7.89. The molecule has 1 atom stereocenters. The summed E-state index contributed by atoms with van der Waals surface area (Å²) in [6.07, 6.45) is 1.18. The predicted octanol–water partition coefficient (Wildman–Crippen LogP) is 2.36. The Morgan fingerprint density at radius 3 is 2.64 bits per heavy atom. The normalized spacial score (nSPS) is 18.0. The van der Waals surface area contributed by atoms with Gasteiger partial charge in [-0.05, 0) is 31.2 Å². The van der Waals surface area contributed by atoms with E-state index in [9.17, 15) is 13.2 Å². The van der Waals surface area contributed by atoms with E-state index in [2.05, 4.69) is 9.82 Å². The van der Waals surface area contributed by atoms with Crippen LogP contribution in [0.25, 0.3) is 10.8 Å². The lowest BCUT2D eigenvalue weighted by Gasteiger charge is -2.32. The number of nitrogens with zero attached hydrogens (tertiary/aromatic N) is 3. The first-order chi connectivity index (χ1) is 13.4. The molecular weight excluding hydrogens is 376 g/mol. The summed E-state index contributed by atoms with van der Waals surface area (Å²) in [6, 6.07) is 13.5. The smallest absolute Gasteiger partial charge is 0.246 e. The van der Waals surface area contributed by atoms with Crippen LogP contribution in [-0.4, -0.2) is 36.7 Å². The zero-order valence-electron chi connectivity index (χ0n) is 15.8. The molecule has 0 spiro atoms. The summed E-state index contributed by atoms with van der Waals surface area (Å²) in [4.78, 5) is 14.8. The Morgan fingerprint density at radius 1 is 1.14 bits per heavy atom. The van der Waals surface area contributed by atoms with Crippen molar-refractivity contribution < 1.29 is 13.2 Å². The third-order valence-corrected chi connectivity index (χ3v) is 6.56. The third-order valence-electron chi connectivity index (χ3n) is 5.03. The van der Waals surface area contributed by atoms with Crippen molar-refractivity contribution in [2.45, 2.75) is 30.7 Å². The second-order valence-electron chi connectivity index (χ2n) is 7.05. The van der Waals surface area contributed by atoms with Gasteiger partial charge in [-0.25, -0.2) is 8.42 Å². The Bertz CT molecular complexity index is 1150. The molecule has 3 aromatic rings. The number of aromatic nitrogens is 2. The minimum absolute atomic E-state index is 0.187. The Hall–Kier alpha value is -2.71. The molecule has 7 nitrogen and oxygen atoms in total. The molecule has 1 fully saturated rings. The molecule has 4 rings (SSSR count). The zero-order valence-corrected chi connectivity index (χ0v) is 16.6. The number of carbonyl (C=O) groups is 1. The van der Waals surface area contributed by atoms with Crippen molar-refractivity contribution in [2.24, 2.45) is 7.05 Å². The SMILES string of the molecule is Cc1cc(N2CCC[C@@H](NS(=O)(=O)c3cccc4ccccc34)C2=O)n(C)n1. The van der Waals surface area contributed by atoms with E-state index in [1.807, 2.05) is 31.2 Å². The molecule has 0 radical (unpaired) electrons. The number of nitrogens with one attached hydrogen (secondary N) is 1. The van der Waals surface area contributed by atoms with Crippen molar-refractivity contribution in [3.8, 4) is 0 Å². The van der Waals surface area contributed by atoms with Gasteiger partial charge in [0.05, 0.1) is 10.6 Å². The van der Waals surface area contributed by atoms with Gasteiger partial charge in [0, 0.05) is 25.0 Å². The van der Waals surface area contributed by atoms with Crippen LogP contribution < -0.4 is 9.62 Å². The summed E-state index contributed by atoms with van der Waals surface area (Å²) in [5.74, 6) is 0.426. The van der Waals surface area contributed by atoms with Crippen molar-refractivity contribution in [1.82, 2.24) is 14.5 Å². The summed E-state index contributed by atoms with van der Waals surface area (Å²) in [5.41, 5.74) is 0.809. The van der Waals surface area contributed by atoms with Crippen LogP contribution in [0.2, 0.25) is 0 Å². The van der Waals surface area contributed by atoms with E-state index in [1.165, 1.54) is 0 Å². The maximum atomic E-state index is 13.1. The maximum Gasteiger partial charge on any atom is 0.246 e. The van der Waals surface area contributed by atoms with Gasteiger partial charge in [-0.3, -0.25) is 14.4 Å². The zero-order chi connectivity index (χ0) is 19.9. The van der Waals surface area contributed by atoms with E-state index in [0.29, 0.717) is 30.6 Å². The maximum absolute atomic E-state index is 13.1. The predicted molar refractivity (Wildman–Crippen MR) is 108 cm³/mol. The fourth-order valence-electron chi connectivity index (χ4n) is 3.74. The molecule has 1 aliphatic rings. The van der Waals surface area contributed by atoms with Gasteiger partial charge >= 0.3 is 0 Å². The van der Waals surface area contributed by atoms with Crippen LogP contribution in [0, 0.1) is 6.92 Å². The van der Waals surface area contributed by atoms with Crippen molar-refractivity contribution in [1.29, 1.82) is 0 Å². The molecule has 146 valence electrons. The van der Waals surface area contributed by atoms with Crippen molar-refractivity contribution in [3.63, 3.8) is 0 Å². The average Bonchev–Trinajstić information content (AvgIpc) is 3.00. The lowest BCUT2D eigenvalue weighted by Crippen LogP contribution is -2.52. The van der Waals surface area contributed by atoms with Crippen LogP contribution in [0.15, 0.2) is 53.4 Å². The summed E-state index contributed by atoms with van der Waals surface area (Å²) in [7, 11) is -2.07. The van der Waals surface area contributed by atoms with Crippen LogP contribution in [-0.2, 0) is 21.9 Å². The highest BCUT2D eigenvalue weighted by Crippen LogP contribution is 2.25. The minimum atomic E-state index is -3.85. The van der Waals surface area contributed by atoms with Crippen LogP contribution in [0.5, 0.6) is 0 Å². The number of piperidine rings is 1. The van der Waals surface area contributed by atoms with E-state index in [-0.39, 0.29) is 10.8 Å². The molecule has 1 amide bonds. The Kier molecular flexibility index (Phi) is 4.68. The molecule has 0 unspecified atom stereocenters. The van der Waals surface area contributed by atoms with E-state index < -0.39 is 16.1 Å². The minimum Gasteiger partial charge on any atom is -0.296 e. The van der Waals surface area contributed by atoms with Gasteiger partial charge < -0.3 is 0 Å². The largest absolute Gasteiger partial charge is 0.296 e. The van der Waals surface area contributed by atoms with Crippen molar-refractivity contribution >= 4 is 32.5 Å². The number of rotatable bonds is 4. The second kappa shape index (κ2) is 7.03. The van der Waals surface area contributed by atoms with Gasteiger partial charge in [0.15, 0.2) is 0 Å². The van der Waals surface area contributed by atoms with Gasteiger partial charge in [0.2, 0.25) is 15.9 Å². The molecule has 2 heterocycles. The van der Waals surface area contributed by atoms with Crippen LogP contribution >= 0.6 is 0 Å². The number of benzene rings is 2. The topological polar surface area (TPSA) is 84.3 Å². The Morgan fingerprint density at radius 2 is 1.89 bits per heavy atom. The highest BCUT2D eigenvalue weighted by Gasteiger charge is 2.34. The van der Waals surface area contributed by atoms with Crippen molar-refractivity contribution in [3.05, 3.63) is 54.2 Å². The summed E-state index contributed by atoms with van der Waals surface area (Å²) in [5, 5.41) is 5.77. The number of hydrogen-bond donors (Lipinski definition) is 1. The summed E-state index contributed by atoms with van der Waals surface area (Å²) >= 11 is 0. The molecule has 0 aliphatic carbocycles. The number of fused-ring (bicyclic) bond motifs is 1. The Labute approximate surface area is 164 Å². The number of amides is 1. The molecule has 0 bridgehead atoms. The number of hydrogen-bond acceptors (Lipinski definition) is 4. The first kappa shape index (κ1) is 18.6. The lowest BCUT2D eigenvalue weighted by molar-refractivity contribution is -0.121. The average molecular weight is 398 g/mol. The van der Waals surface area contributed by atoms with Crippen molar-refractivity contribution in [2.75, 3.05) is 11.4 Å². The number of sulfonamides is 1. The van der Waals surface area contributed by atoms with E-state index in [0.717, 1.165) is 11.1 Å². The van der Waals surface area contributed by atoms with Crippen LogP contribution in [0.4, 0.5) is 5.82 Å². The van der Waals surface area contributed by atoms with Gasteiger partial charge in [-0.1, -0.05) is 36.4 Å². The molecule has 28 heavy (non-hydrogen) atoms. The second-order valence-corrected chi connectivity index (χ2v) is 8.73. The molecule has 1 N–H and O–H groups in total. The molecule has 1 saturated heterocycles. The molecule has 1 aliphatic heterocycles. The van der Waals surface area contributed by atoms with E-state index >= 15 is 0 Å².